The Morgan fingerprint density at radius 3 is 2.82 bits per heavy atom. The summed E-state index contributed by atoms with van der Waals surface area (Å²) in [6.07, 6.45) is 1.65. The van der Waals surface area contributed by atoms with Crippen LogP contribution in [0.3, 0.4) is 0 Å². The Hall–Kier alpha value is -0.670. The Bertz CT molecular complexity index is 335. The third kappa shape index (κ3) is 1.21. The van der Waals surface area contributed by atoms with E-state index in [1.807, 2.05) is 11.4 Å². The van der Waals surface area contributed by atoms with Crippen LogP contribution in [0.15, 0.2) is 38.7 Å². The van der Waals surface area contributed by atoms with Crippen LogP contribution in [0.5, 0.6) is 0 Å². The van der Waals surface area contributed by atoms with Crippen LogP contribution in [0.25, 0.3) is 11.1 Å². The van der Waals surface area contributed by atoms with Crippen molar-refractivity contribution in [1.29, 1.82) is 0 Å². The summed E-state index contributed by atoms with van der Waals surface area (Å²) < 4.78 is 5.06. The molecule has 0 aromatic carbocycles. The fourth-order valence-electron chi connectivity index (χ4n) is 0.939. The molecule has 2 aromatic rings. The van der Waals surface area contributed by atoms with Gasteiger partial charge in [-0.3, -0.25) is 0 Å². The van der Waals surface area contributed by atoms with Crippen molar-refractivity contribution in [1.82, 2.24) is 0 Å². The summed E-state index contributed by atoms with van der Waals surface area (Å²) in [5.41, 5.74) is 2.24. The Morgan fingerprint density at radius 2 is 2.27 bits per heavy atom. The standard InChI is InChI=1S/C8H6OS2/c10-8-7(1-3-9-8)6-2-4-11-5-6/h1-5,10H. The molecule has 1 nitrogen and oxygen atoms in total. The van der Waals surface area contributed by atoms with Gasteiger partial charge in [-0.2, -0.15) is 11.3 Å². The van der Waals surface area contributed by atoms with Crippen molar-refractivity contribution in [2.75, 3.05) is 0 Å². The van der Waals surface area contributed by atoms with Crippen LogP contribution in [0.2, 0.25) is 0 Å². The van der Waals surface area contributed by atoms with E-state index in [4.69, 9.17) is 4.42 Å². The summed E-state index contributed by atoms with van der Waals surface area (Å²) in [5.74, 6) is 0. The molecule has 0 saturated heterocycles. The van der Waals surface area contributed by atoms with Crippen LogP contribution in [0.1, 0.15) is 0 Å². The smallest absolute Gasteiger partial charge is 0.164 e. The fourth-order valence-corrected chi connectivity index (χ4v) is 1.86. The molecular weight excluding hydrogens is 176 g/mol. The third-order valence-electron chi connectivity index (χ3n) is 1.48. The van der Waals surface area contributed by atoms with Crippen molar-refractivity contribution in [3.05, 3.63) is 29.2 Å². The van der Waals surface area contributed by atoms with Gasteiger partial charge in [0, 0.05) is 5.56 Å². The van der Waals surface area contributed by atoms with E-state index in [-0.39, 0.29) is 0 Å². The molecule has 0 atom stereocenters. The number of furan rings is 1. The van der Waals surface area contributed by atoms with E-state index in [2.05, 4.69) is 24.1 Å². The van der Waals surface area contributed by atoms with Gasteiger partial charge in [0.2, 0.25) is 0 Å². The lowest BCUT2D eigenvalue weighted by atomic mass is 10.2. The van der Waals surface area contributed by atoms with Crippen LogP contribution in [0.4, 0.5) is 0 Å². The second-order valence-corrected chi connectivity index (χ2v) is 3.34. The predicted octanol–water partition coefficient (Wildman–Crippen LogP) is 3.30. The Kier molecular flexibility index (Phi) is 1.75. The summed E-state index contributed by atoms with van der Waals surface area (Å²) >= 11 is 5.84. The maximum absolute atomic E-state index is 5.06. The van der Waals surface area contributed by atoms with Crippen LogP contribution in [-0.4, -0.2) is 0 Å². The molecule has 11 heavy (non-hydrogen) atoms. The summed E-state index contributed by atoms with van der Waals surface area (Å²) in [7, 11) is 0. The summed E-state index contributed by atoms with van der Waals surface area (Å²) in [5, 5.41) is 4.79. The van der Waals surface area contributed by atoms with E-state index in [9.17, 15) is 0 Å². The van der Waals surface area contributed by atoms with E-state index >= 15 is 0 Å². The zero-order valence-corrected chi connectivity index (χ0v) is 7.36. The molecule has 56 valence electrons. The molecule has 0 aliphatic carbocycles. The number of hydrogen-bond donors (Lipinski definition) is 1. The van der Waals surface area contributed by atoms with Gasteiger partial charge in [0.15, 0.2) is 5.09 Å². The molecule has 0 radical (unpaired) electrons. The first-order valence-corrected chi connectivity index (χ1v) is 4.56. The zero-order chi connectivity index (χ0) is 7.68. The lowest BCUT2D eigenvalue weighted by Gasteiger charge is -1.89. The topological polar surface area (TPSA) is 13.1 Å². The van der Waals surface area contributed by atoms with Crippen molar-refractivity contribution in [3.63, 3.8) is 0 Å². The van der Waals surface area contributed by atoms with Crippen molar-refractivity contribution in [2.24, 2.45) is 0 Å². The summed E-state index contributed by atoms with van der Waals surface area (Å²) in [6.45, 7) is 0. The second-order valence-electron chi connectivity index (χ2n) is 2.15. The van der Waals surface area contributed by atoms with E-state index in [1.54, 1.807) is 17.6 Å². The van der Waals surface area contributed by atoms with Gasteiger partial charge in [-0.25, -0.2) is 0 Å². The van der Waals surface area contributed by atoms with Gasteiger partial charge in [-0.1, -0.05) is 0 Å². The van der Waals surface area contributed by atoms with Crippen LogP contribution < -0.4 is 0 Å². The monoisotopic (exact) mass is 182 g/mol. The first-order chi connectivity index (χ1) is 5.38. The molecule has 0 bridgehead atoms. The lowest BCUT2D eigenvalue weighted by molar-refractivity contribution is 0.478. The molecule has 2 heterocycles. The van der Waals surface area contributed by atoms with Gasteiger partial charge in [0.05, 0.1) is 6.26 Å². The number of thiophene rings is 1. The molecule has 3 heteroatoms. The molecule has 0 saturated carbocycles. The van der Waals surface area contributed by atoms with Crippen molar-refractivity contribution in [3.8, 4) is 11.1 Å². The van der Waals surface area contributed by atoms with Gasteiger partial charge in [-0.15, -0.1) is 12.6 Å². The van der Waals surface area contributed by atoms with Crippen LogP contribution >= 0.6 is 24.0 Å². The zero-order valence-electron chi connectivity index (χ0n) is 5.65. The minimum absolute atomic E-state index is 0.684. The molecule has 0 N–H and O–H groups in total. The molecule has 0 aliphatic heterocycles. The summed E-state index contributed by atoms with van der Waals surface area (Å²) in [6, 6.07) is 3.97. The maximum atomic E-state index is 5.06. The van der Waals surface area contributed by atoms with Crippen molar-refractivity contribution < 1.29 is 4.42 Å². The molecule has 2 aromatic heterocycles. The van der Waals surface area contributed by atoms with Gasteiger partial charge in [0.25, 0.3) is 0 Å². The largest absolute Gasteiger partial charge is 0.458 e. The van der Waals surface area contributed by atoms with Crippen molar-refractivity contribution in [2.45, 2.75) is 5.09 Å². The second kappa shape index (κ2) is 2.75. The minimum atomic E-state index is 0.684. The highest BCUT2D eigenvalue weighted by atomic mass is 32.1. The normalized spacial score (nSPS) is 10.3. The molecular formula is C8H6OS2. The molecule has 0 fully saturated rings. The fraction of sp³-hybridized carbons (Fsp3) is 0. The van der Waals surface area contributed by atoms with Crippen LogP contribution in [0, 0.1) is 0 Å². The Balaban J connectivity index is 2.53. The highest BCUT2D eigenvalue weighted by molar-refractivity contribution is 7.80. The number of thiol groups is 1. The maximum Gasteiger partial charge on any atom is 0.164 e. The molecule has 2 rings (SSSR count). The first-order valence-electron chi connectivity index (χ1n) is 3.17. The van der Waals surface area contributed by atoms with E-state index < -0.39 is 0 Å². The lowest BCUT2D eigenvalue weighted by Crippen LogP contribution is -1.66. The van der Waals surface area contributed by atoms with Gasteiger partial charge in [0.1, 0.15) is 0 Å². The minimum Gasteiger partial charge on any atom is -0.458 e. The Morgan fingerprint density at radius 1 is 1.36 bits per heavy atom. The van der Waals surface area contributed by atoms with E-state index in [0.717, 1.165) is 5.56 Å². The van der Waals surface area contributed by atoms with Crippen molar-refractivity contribution >= 4 is 24.0 Å². The average Bonchev–Trinajstić information content (AvgIpc) is 2.55. The van der Waals surface area contributed by atoms with Gasteiger partial charge >= 0.3 is 0 Å². The number of rotatable bonds is 1. The summed E-state index contributed by atoms with van der Waals surface area (Å²) in [4.78, 5) is 0. The van der Waals surface area contributed by atoms with E-state index in [1.165, 1.54) is 5.56 Å². The van der Waals surface area contributed by atoms with Crippen LogP contribution in [-0.2, 0) is 0 Å². The highest BCUT2D eigenvalue weighted by Crippen LogP contribution is 2.28. The van der Waals surface area contributed by atoms with E-state index in [0.29, 0.717) is 5.09 Å². The number of hydrogen-bond acceptors (Lipinski definition) is 3. The van der Waals surface area contributed by atoms with Gasteiger partial charge < -0.3 is 4.42 Å². The SMILES string of the molecule is Sc1occc1-c1ccsc1. The third-order valence-corrected chi connectivity index (χ3v) is 2.51. The first kappa shape index (κ1) is 7.00. The molecule has 0 unspecified atom stereocenters. The highest BCUT2D eigenvalue weighted by Gasteiger charge is 2.03. The Labute approximate surface area is 74.1 Å². The quantitative estimate of drug-likeness (QED) is 0.668. The molecule has 0 amide bonds. The van der Waals surface area contributed by atoms with Gasteiger partial charge in [-0.05, 0) is 28.5 Å². The average molecular weight is 182 g/mol. The molecule has 0 spiro atoms. The molecule has 0 aliphatic rings. The predicted molar refractivity (Wildman–Crippen MR) is 49.3 cm³/mol.